The molecule has 0 unspecified atom stereocenters. The molecule has 1 saturated heterocycles. The molecule has 2 heterocycles. The second-order valence-corrected chi connectivity index (χ2v) is 7.63. The molecule has 1 N–H and O–H groups in total. The standard InChI is InChI=1S/C19H26N4S/c24-19-22(15-21-13-7-2-1-3-8-14-21)20-18(16-11-12-16)23(19)17-9-5-4-6-10-17/h4-6,9-10,16H,1-3,7-8,11-15H2/p+1. The molecule has 2 fully saturated rings. The van der Waals surface area contributed by atoms with Crippen LogP contribution in [0.3, 0.4) is 0 Å². The van der Waals surface area contributed by atoms with Gasteiger partial charge in [0.1, 0.15) is 5.82 Å². The van der Waals surface area contributed by atoms with Crippen molar-refractivity contribution in [3.05, 3.63) is 40.9 Å². The zero-order valence-corrected chi connectivity index (χ0v) is 15.1. The summed E-state index contributed by atoms with van der Waals surface area (Å²) in [5.41, 5.74) is 1.15. The number of para-hydroxylation sites is 1. The average Bonchev–Trinajstić information content (AvgIpc) is 3.36. The van der Waals surface area contributed by atoms with Crippen molar-refractivity contribution in [3.8, 4) is 5.69 Å². The lowest BCUT2D eigenvalue weighted by molar-refractivity contribution is -0.924. The quantitative estimate of drug-likeness (QED) is 0.864. The maximum absolute atomic E-state index is 5.82. The minimum Gasteiger partial charge on any atom is -0.316 e. The number of quaternary nitrogens is 1. The van der Waals surface area contributed by atoms with Crippen LogP contribution in [-0.2, 0) is 6.67 Å². The van der Waals surface area contributed by atoms with Crippen LogP contribution in [0.4, 0.5) is 0 Å². The van der Waals surface area contributed by atoms with Crippen molar-refractivity contribution in [3.63, 3.8) is 0 Å². The first-order valence-electron chi connectivity index (χ1n) is 9.41. The second kappa shape index (κ2) is 7.19. The Labute approximate surface area is 149 Å². The van der Waals surface area contributed by atoms with Gasteiger partial charge in [0.2, 0.25) is 4.77 Å². The van der Waals surface area contributed by atoms with E-state index in [2.05, 4.69) is 39.6 Å². The highest BCUT2D eigenvalue weighted by Crippen LogP contribution is 2.40. The molecule has 4 rings (SSSR count). The van der Waals surface area contributed by atoms with E-state index >= 15 is 0 Å². The third kappa shape index (κ3) is 3.47. The molecule has 1 saturated carbocycles. The van der Waals surface area contributed by atoms with Gasteiger partial charge in [-0.2, -0.15) is 9.78 Å². The van der Waals surface area contributed by atoms with E-state index in [-0.39, 0.29) is 0 Å². The van der Waals surface area contributed by atoms with Crippen LogP contribution in [-0.4, -0.2) is 27.4 Å². The minimum atomic E-state index is 0.593. The molecule has 128 valence electrons. The number of hydrogen-bond donors (Lipinski definition) is 1. The fourth-order valence-electron chi connectivity index (χ4n) is 3.73. The molecular formula is C19H27N4S+. The lowest BCUT2D eigenvalue weighted by Gasteiger charge is -2.21. The maximum atomic E-state index is 5.82. The van der Waals surface area contributed by atoms with E-state index in [4.69, 9.17) is 17.3 Å². The summed E-state index contributed by atoms with van der Waals surface area (Å²) in [6, 6.07) is 10.5. The molecule has 0 radical (unpaired) electrons. The van der Waals surface area contributed by atoms with Crippen molar-refractivity contribution >= 4 is 12.2 Å². The molecule has 0 atom stereocenters. The van der Waals surface area contributed by atoms with Crippen LogP contribution in [0.25, 0.3) is 5.69 Å². The second-order valence-electron chi connectivity index (χ2n) is 7.26. The number of hydrogen-bond acceptors (Lipinski definition) is 2. The Morgan fingerprint density at radius 2 is 1.67 bits per heavy atom. The van der Waals surface area contributed by atoms with Gasteiger partial charge in [0.25, 0.3) is 0 Å². The number of benzene rings is 1. The zero-order chi connectivity index (χ0) is 16.4. The Morgan fingerprint density at radius 1 is 1.00 bits per heavy atom. The van der Waals surface area contributed by atoms with E-state index in [0.29, 0.717) is 5.92 Å². The average molecular weight is 344 g/mol. The number of nitrogens with one attached hydrogen (secondary N) is 1. The van der Waals surface area contributed by atoms with Crippen molar-refractivity contribution in [1.82, 2.24) is 14.3 Å². The molecule has 1 aliphatic carbocycles. The number of aromatic nitrogens is 3. The van der Waals surface area contributed by atoms with Crippen LogP contribution in [0, 0.1) is 4.77 Å². The fourth-order valence-corrected chi connectivity index (χ4v) is 4.03. The Kier molecular flexibility index (Phi) is 4.81. The fraction of sp³-hybridized carbons (Fsp3) is 0.579. The van der Waals surface area contributed by atoms with E-state index in [0.717, 1.165) is 23.0 Å². The van der Waals surface area contributed by atoms with E-state index in [1.165, 1.54) is 58.0 Å². The first-order chi connectivity index (χ1) is 11.8. The summed E-state index contributed by atoms with van der Waals surface area (Å²) >= 11 is 5.82. The van der Waals surface area contributed by atoms with E-state index in [9.17, 15) is 0 Å². The van der Waals surface area contributed by atoms with Gasteiger partial charge in [0, 0.05) is 11.6 Å². The summed E-state index contributed by atoms with van der Waals surface area (Å²) < 4.78 is 5.15. The minimum absolute atomic E-state index is 0.593. The monoisotopic (exact) mass is 343 g/mol. The van der Waals surface area contributed by atoms with Crippen LogP contribution in [0.5, 0.6) is 0 Å². The summed E-state index contributed by atoms with van der Waals surface area (Å²) in [7, 11) is 0. The molecule has 0 spiro atoms. The third-order valence-electron chi connectivity index (χ3n) is 5.26. The topological polar surface area (TPSA) is 27.2 Å². The van der Waals surface area contributed by atoms with Gasteiger partial charge < -0.3 is 4.90 Å². The van der Waals surface area contributed by atoms with Crippen LogP contribution >= 0.6 is 12.2 Å². The molecule has 2 aromatic rings. The van der Waals surface area contributed by atoms with Gasteiger partial charge in [-0.05, 0) is 62.9 Å². The summed E-state index contributed by atoms with van der Waals surface area (Å²) in [4.78, 5) is 1.63. The van der Waals surface area contributed by atoms with Crippen molar-refractivity contribution in [1.29, 1.82) is 0 Å². The van der Waals surface area contributed by atoms with Gasteiger partial charge in [0.15, 0.2) is 6.67 Å². The predicted molar refractivity (Wildman–Crippen MR) is 98.1 cm³/mol. The summed E-state index contributed by atoms with van der Waals surface area (Å²) in [6.07, 6.45) is 9.31. The summed E-state index contributed by atoms with van der Waals surface area (Å²) in [5, 5.41) is 4.95. The molecule has 0 amide bonds. The third-order valence-corrected chi connectivity index (χ3v) is 5.65. The Balaban J connectivity index is 1.63. The first-order valence-corrected chi connectivity index (χ1v) is 9.82. The number of nitrogens with zero attached hydrogens (tertiary/aromatic N) is 3. The number of rotatable bonds is 4. The van der Waals surface area contributed by atoms with Gasteiger partial charge in [-0.25, -0.2) is 0 Å². The van der Waals surface area contributed by atoms with Crippen LogP contribution < -0.4 is 4.90 Å². The van der Waals surface area contributed by atoms with Crippen molar-refractivity contribution in [2.24, 2.45) is 0 Å². The zero-order valence-electron chi connectivity index (χ0n) is 14.3. The molecule has 24 heavy (non-hydrogen) atoms. The molecule has 1 aliphatic heterocycles. The predicted octanol–water partition coefficient (Wildman–Crippen LogP) is 3.09. The molecule has 4 nitrogen and oxygen atoms in total. The smallest absolute Gasteiger partial charge is 0.207 e. The van der Waals surface area contributed by atoms with Gasteiger partial charge in [-0.15, -0.1) is 0 Å². The van der Waals surface area contributed by atoms with Crippen LogP contribution in [0.1, 0.15) is 56.7 Å². The van der Waals surface area contributed by atoms with Gasteiger partial charge in [-0.1, -0.05) is 24.6 Å². The van der Waals surface area contributed by atoms with E-state index in [1.54, 1.807) is 4.90 Å². The first kappa shape index (κ1) is 16.0. The molecule has 5 heteroatoms. The SMILES string of the molecule is S=c1n(C[NH+]2CCCCCCC2)nc(C2CC2)n1-c1ccccc1. The Bertz CT molecular complexity index is 722. The van der Waals surface area contributed by atoms with Crippen LogP contribution in [0.2, 0.25) is 0 Å². The maximum Gasteiger partial charge on any atom is 0.207 e. The molecule has 1 aromatic carbocycles. The summed E-state index contributed by atoms with van der Waals surface area (Å²) in [6.45, 7) is 3.41. The Hall–Kier alpha value is -1.46. The van der Waals surface area contributed by atoms with E-state index < -0.39 is 0 Å². The van der Waals surface area contributed by atoms with Gasteiger partial charge in [0.05, 0.1) is 13.1 Å². The highest BCUT2D eigenvalue weighted by molar-refractivity contribution is 7.71. The van der Waals surface area contributed by atoms with Crippen molar-refractivity contribution in [2.75, 3.05) is 13.1 Å². The molecule has 0 bridgehead atoms. The lowest BCUT2D eigenvalue weighted by Crippen LogP contribution is -3.11. The highest BCUT2D eigenvalue weighted by Gasteiger charge is 2.31. The molecule has 2 aliphatic rings. The lowest BCUT2D eigenvalue weighted by atomic mass is 10.1. The van der Waals surface area contributed by atoms with E-state index in [1.807, 2.05) is 0 Å². The van der Waals surface area contributed by atoms with Gasteiger partial charge >= 0.3 is 0 Å². The van der Waals surface area contributed by atoms with Crippen LogP contribution in [0.15, 0.2) is 30.3 Å². The van der Waals surface area contributed by atoms with Crippen molar-refractivity contribution in [2.45, 2.75) is 57.5 Å². The normalized spacial score (nSPS) is 19.8. The molecule has 1 aromatic heterocycles. The summed E-state index contributed by atoms with van der Waals surface area (Å²) in [5.74, 6) is 1.76. The Morgan fingerprint density at radius 3 is 2.33 bits per heavy atom. The number of likely N-dealkylation sites (tertiary alicyclic amines) is 1. The van der Waals surface area contributed by atoms with Gasteiger partial charge in [-0.3, -0.25) is 4.57 Å². The molecular weight excluding hydrogens is 316 g/mol. The highest BCUT2D eigenvalue weighted by atomic mass is 32.1. The largest absolute Gasteiger partial charge is 0.316 e. The van der Waals surface area contributed by atoms with Crippen molar-refractivity contribution < 1.29 is 4.90 Å².